The number of phenols is 2. The molecule has 8 nitrogen and oxygen atoms in total. The van der Waals surface area contributed by atoms with Crippen molar-refractivity contribution >= 4 is 35.1 Å². The van der Waals surface area contributed by atoms with Gasteiger partial charge >= 0.3 is 11.9 Å². The van der Waals surface area contributed by atoms with E-state index in [-0.39, 0.29) is 21.4 Å². The molecule has 0 unspecified atom stereocenters. The first kappa shape index (κ1) is 19.5. The second kappa shape index (κ2) is 7.19. The molecule has 0 bridgehead atoms. The number of rotatable bonds is 5. The van der Waals surface area contributed by atoms with Crippen molar-refractivity contribution < 1.29 is 39.5 Å². The summed E-state index contributed by atoms with van der Waals surface area (Å²) >= 11 is 12.0. The molecule has 2 aromatic carbocycles. The van der Waals surface area contributed by atoms with Gasteiger partial charge < -0.3 is 29.9 Å². The number of halogens is 2. The SMILES string of the molecule is COc1cc(O)cc(C(=O)O)c1Oc1c(Cl)c(C)c(Cl)c(O)c1C(=O)O. The van der Waals surface area contributed by atoms with Gasteiger partial charge in [0.25, 0.3) is 0 Å². The van der Waals surface area contributed by atoms with Crippen LogP contribution in [-0.4, -0.2) is 39.5 Å². The zero-order valence-corrected chi connectivity index (χ0v) is 14.8. The van der Waals surface area contributed by atoms with Crippen molar-refractivity contribution in [1.82, 2.24) is 0 Å². The lowest BCUT2D eigenvalue weighted by atomic mass is 10.1. The molecular formula is C16H12Cl2O8. The molecule has 0 heterocycles. The molecule has 138 valence electrons. The maximum absolute atomic E-state index is 11.5. The molecule has 0 radical (unpaired) electrons. The molecule has 26 heavy (non-hydrogen) atoms. The van der Waals surface area contributed by atoms with Gasteiger partial charge in [0.2, 0.25) is 0 Å². The Hall–Kier alpha value is -2.84. The molecule has 0 fully saturated rings. The number of carboxylic acids is 2. The van der Waals surface area contributed by atoms with Gasteiger partial charge in [-0.2, -0.15) is 0 Å². The molecule has 2 aromatic rings. The molecule has 0 atom stereocenters. The summed E-state index contributed by atoms with van der Waals surface area (Å²) in [5, 5.41) is 37.8. The van der Waals surface area contributed by atoms with Gasteiger partial charge in [0, 0.05) is 6.07 Å². The van der Waals surface area contributed by atoms with Crippen LogP contribution in [0.3, 0.4) is 0 Å². The highest BCUT2D eigenvalue weighted by molar-refractivity contribution is 6.38. The summed E-state index contributed by atoms with van der Waals surface area (Å²) in [6.07, 6.45) is 0. The van der Waals surface area contributed by atoms with Gasteiger partial charge in [-0.25, -0.2) is 9.59 Å². The third kappa shape index (κ3) is 3.29. The van der Waals surface area contributed by atoms with Crippen LogP contribution in [0.25, 0.3) is 0 Å². The van der Waals surface area contributed by atoms with Crippen LogP contribution >= 0.6 is 23.2 Å². The molecule has 0 saturated carbocycles. The minimum atomic E-state index is -1.60. The third-order valence-electron chi connectivity index (χ3n) is 3.44. The second-order valence-corrected chi connectivity index (χ2v) is 5.80. The molecule has 0 amide bonds. The first-order valence-electron chi connectivity index (χ1n) is 6.86. The van der Waals surface area contributed by atoms with Crippen LogP contribution in [0.5, 0.6) is 28.7 Å². The Morgan fingerprint density at radius 3 is 2.12 bits per heavy atom. The summed E-state index contributed by atoms with van der Waals surface area (Å²) in [7, 11) is 1.19. The van der Waals surface area contributed by atoms with Crippen LogP contribution in [-0.2, 0) is 0 Å². The van der Waals surface area contributed by atoms with E-state index in [0.29, 0.717) is 0 Å². The van der Waals surface area contributed by atoms with Crippen molar-refractivity contribution in [3.63, 3.8) is 0 Å². The van der Waals surface area contributed by atoms with Crippen LogP contribution in [0.4, 0.5) is 0 Å². The smallest absolute Gasteiger partial charge is 0.343 e. The van der Waals surface area contributed by atoms with Crippen molar-refractivity contribution in [3.8, 4) is 28.7 Å². The van der Waals surface area contributed by atoms with Gasteiger partial charge in [-0.1, -0.05) is 23.2 Å². The molecule has 2 rings (SSSR count). The first-order chi connectivity index (χ1) is 12.1. The van der Waals surface area contributed by atoms with Crippen LogP contribution < -0.4 is 9.47 Å². The summed E-state index contributed by atoms with van der Waals surface area (Å²) in [5.74, 6) is -5.40. The molecule has 10 heteroatoms. The Bertz CT molecular complexity index is 923. The highest BCUT2D eigenvalue weighted by Crippen LogP contribution is 2.48. The number of aromatic hydroxyl groups is 2. The fourth-order valence-corrected chi connectivity index (χ4v) is 2.64. The van der Waals surface area contributed by atoms with E-state index >= 15 is 0 Å². The van der Waals surface area contributed by atoms with E-state index in [1.807, 2.05) is 0 Å². The second-order valence-electron chi connectivity index (χ2n) is 5.04. The number of ether oxygens (including phenoxy) is 2. The zero-order valence-electron chi connectivity index (χ0n) is 13.3. The van der Waals surface area contributed by atoms with E-state index in [0.717, 1.165) is 12.1 Å². The van der Waals surface area contributed by atoms with Crippen molar-refractivity contribution in [2.24, 2.45) is 0 Å². The number of aromatic carboxylic acids is 2. The van der Waals surface area contributed by atoms with Gasteiger partial charge in [-0.3, -0.25) is 0 Å². The fourth-order valence-electron chi connectivity index (χ4n) is 2.17. The summed E-state index contributed by atoms with van der Waals surface area (Å²) in [4.78, 5) is 23.0. The van der Waals surface area contributed by atoms with Gasteiger partial charge in [0.05, 0.1) is 17.2 Å². The first-order valence-corrected chi connectivity index (χ1v) is 7.61. The summed E-state index contributed by atoms with van der Waals surface area (Å²) in [6.45, 7) is 1.41. The van der Waals surface area contributed by atoms with Gasteiger partial charge in [-0.05, 0) is 18.6 Å². The van der Waals surface area contributed by atoms with Crippen molar-refractivity contribution in [2.45, 2.75) is 6.92 Å². The topological polar surface area (TPSA) is 134 Å². The number of hydrogen-bond acceptors (Lipinski definition) is 6. The molecule has 0 saturated heterocycles. The number of carbonyl (C=O) groups is 2. The van der Waals surface area contributed by atoms with Crippen LogP contribution in [0.2, 0.25) is 10.0 Å². The van der Waals surface area contributed by atoms with E-state index in [9.17, 15) is 30.0 Å². The number of hydrogen-bond donors (Lipinski definition) is 4. The van der Waals surface area contributed by atoms with E-state index in [1.54, 1.807) is 0 Å². The quantitative estimate of drug-likeness (QED) is 0.591. The molecule has 4 N–H and O–H groups in total. The number of methoxy groups -OCH3 is 1. The van der Waals surface area contributed by atoms with Gasteiger partial charge in [-0.15, -0.1) is 0 Å². The lowest BCUT2D eigenvalue weighted by molar-refractivity contribution is 0.0685. The Balaban J connectivity index is 2.82. The molecule has 0 aliphatic carbocycles. The lowest BCUT2D eigenvalue weighted by Crippen LogP contribution is -2.07. The predicted molar refractivity (Wildman–Crippen MR) is 91.5 cm³/mol. The maximum Gasteiger partial charge on any atom is 0.343 e. The molecule has 0 aromatic heterocycles. The minimum Gasteiger partial charge on any atom is -0.508 e. The lowest BCUT2D eigenvalue weighted by Gasteiger charge is -2.18. The maximum atomic E-state index is 11.5. The molecule has 0 spiro atoms. The molecule has 0 aliphatic heterocycles. The van der Waals surface area contributed by atoms with Crippen molar-refractivity contribution in [3.05, 3.63) is 38.9 Å². The summed E-state index contributed by atoms with van der Waals surface area (Å²) < 4.78 is 10.4. The van der Waals surface area contributed by atoms with Gasteiger partial charge in [0.15, 0.2) is 23.0 Å². The highest BCUT2D eigenvalue weighted by Gasteiger charge is 2.29. The van der Waals surface area contributed by atoms with E-state index in [2.05, 4.69) is 0 Å². The Kier molecular flexibility index (Phi) is 5.38. The van der Waals surface area contributed by atoms with Crippen LogP contribution in [0, 0.1) is 6.92 Å². The normalized spacial score (nSPS) is 10.5. The largest absolute Gasteiger partial charge is 0.508 e. The summed E-state index contributed by atoms with van der Waals surface area (Å²) in [6, 6.07) is 1.95. The number of carboxylic acid groups (broad SMARTS) is 2. The molecular weight excluding hydrogens is 391 g/mol. The zero-order chi connectivity index (χ0) is 19.8. The van der Waals surface area contributed by atoms with Crippen molar-refractivity contribution in [2.75, 3.05) is 7.11 Å². The average Bonchev–Trinajstić information content (AvgIpc) is 2.57. The monoisotopic (exact) mass is 402 g/mol. The third-order valence-corrected chi connectivity index (χ3v) is 4.36. The highest BCUT2D eigenvalue weighted by atomic mass is 35.5. The van der Waals surface area contributed by atoms with E-state index < -0.39 is 46.1 Å². The van der Waals surface area contributed by atoms with Crippen LogP contribution in [0.15, 0.2) is 12.1 Å². The minimum absolute atomic E-state index is 0.125. The van der Waals surface area contributed by atoms with Crippen LogP contribution in [0.1, 0.15) is 26.3 Å². The molecule has 0 aliphatic rings. The van der Waals surface area contributed by atoms with Gasteiger partial charge in [0.1, 0.15) is 16.9 Å². The predicted octanol–water partition coefficient (Wildman–Crippen LogP) is 3.91. The Labute approximate surface area is 156 Å². The summed E-state index contributed by atoms with van der Waals surface area (Å²) in [5.41, 5.74) is -1.14. The van der Waals surface area contributed by atoms with E-state index in [1.165, 1.54) is 14.0 Å². The fraction of sp³-hybridized carbons (Fsp3) is 0.125. The van der Waals surface area contributed by atoms with E-state index in [4.69, 9.17) is 32.7 Å². The number of benzene rings is 2. The average molecular weight is 403 g/mol. The Morgan fingerprint density at radius 2 is 1.62 bits per heavy atom. The Morgan fingerprint density at radius 1 is 1.00 bits per heavy atom. The standard InChI is InChI=1S/C16H12Cl2O8/c1-5-10(17)12(20)9(16(23)24)14(11(5)18)26-13-7(15(21)22)3-6(19)4-8(13)25-2/h3-4,19-20H,1-2H3,(H,21,22)(H,23,24). The number of phenolic OH excluding ortho intramolecular Hbond substituents is 1. The van der Waals surface area contributed by atoms with Crippen molar-refractivity contribution in [1.29, 1.82) is 0 Å².